The van der Waals surface area contributed by atoms with Gasteiger partial charge in [-0.15, -0.1) is 0 Å². The molecule has 1 aliphatic rings. The van der Waals surface area contributed by atoms with Crippen molar-refractivity contribution in [1.29, 1.82) is 0 Å². The van der Waals surface area contributed by atoms with Crippen molar-refractivity contribution in [3.8, 4) is 0 Å². The molecule has 1 N–H and O–H groups in total. The summed E-state index contributed by atoms with van der Waals surface area (Å²) < 4.78 is 27.9. The maximum absolute atomic E-state index is 11.8. The normalized spacial score (nSPS) is 26.1. The van der Waals surface area contributed by atoms with Crippen LogP contribution >= 0.6 is 0 Å². The molecule has 0 aromatic carbocycles. The second-order valence-electron chi connectivity index (χ2n) is 3.98. The summed E-state index contributed by atoms with van der Waals surface area (Å²) in [6, 6.07) is 0. The summed E-state index contributed by atoms with van der Waals surface area (Å²) in [4.78, 5) is 10.4. The Hall–Kier alpha value is -0.710. The Balaban J connectivity index is 2.26. The molecule has 1 rings (SSSR count). The summed E-state index contributed by atoms with van der Waals surface area (Å²) in [5.74, 6) is -0.478. The molecule has 0 aromatic heterocycles. The van der Waals surface area contributed by atoms with Gasteiger partial charge in [0.15, 0.2) is 0 Å². The highest BCUT2D eigenvalue weighted by Crippen LogP contribution is 2.35. The van der Waals surface area contributed by atoms with Crippen molar-refractivity contribution in [2.24, 2.45) is 11.8 Å². The van der Waals surface area contributed by atoms with Crippen molar-refractivity contribution in [3.63, 3.8) is 0 Å². The van der Waals surface area contributed by atoms with E-state index in [1.54, 1.807) is 0 Å². The van der Waals surface area contributed by atoms with Gasteiger partial charge in [0, 0.05) is 6.42 Å². The molecule has 1 saturated carbocycles. The number of hydrogen-bond acceptors (Lipinski definition) is 2. The second-order valence-corrected chi connectivity index (χ2v) is 3.98. The van der Waals surface area contributed by atoms with E-state index in [-0.39, 0.29) is 24.9 Å². The van der Waals surface area contributed by atoms with E-state index in [4.69, 9.17) is 5.11 Å². The van der Waals surface area contributed by atoms with E-state index in [2.05, 4.69) is 4.74 Å². The SMILES string of the molecule is O=C(O)CCC1CCCC1COC(F)F. The van der Waals surface area contributed by atoms with E-state index in [0.717, 1.165) is 19.3 Å². The molecule has 5 heteroatoms. The molecular formula is C10H16F2O3. The average Bonchev–Trinajstić information content (AvgIpc) is 2.58. The first-order valence-electron chi connectivity index (χ1n) is 5.21. The van der Waals surface area contributed by atoms with Crippen LogP contribution in [0, 0.1) is 11.8 Å². The Kier molecular flexibility index (Phi) is 4.94. The Labute approximate surface area is 87.4 Å². The van der Waals surface area contributed by atoms with E-state index in [0.29, 0.717) is 6.42 Å². The molecule has 0 heterocycles. The first kappa shape index (κ1) is 12.4. The van der Waals surface area contributed by atoms with Crippen LogP contribution in [0.4, 0.5) is 8.78 Å². The van der Waals surface area contributed by atoms with Crippen LogP contribution in [0.2, 0.25) is 0 Å². The molecule has 0 amide bonds. The second kappa shape index (κ2) is 6.00. The molecule has 2 unspecified atom stereocenters. The van der Waals surface area contributed by atoms with Gasteiger partial charge in [0.05, 0.1) is 6.61 Å². The lowest BCUT2D eigenvalue weighted by Crippen LogP contribution is -2.17. The first-order chi connectivity index (χ1) is 7.09. The third-order valence-corrected chi connectivity index (χ3v) is 2.98. The molecule has 1 fully saturated rings. The number of aliphatic carboxylic acids is 1. The van der Waals surface area contributed by atoms with Crippen LogP contribution in [0.25, 0.3) is 0 Å². The van der Waals surface area contributed by atoms with Gasteiger partial charge in [0.2, 0.25) is 0 Å². The highest BCUT2D eigenvalue weighted by atomic mass is 19.3. The summed E-state index contributed by atoms with van der Waals surface area (Å²) in [5, 5.41) is 8.53. The van der Waals surface area contributed by atoms with Crippen LogP contribution in [-0.4, -0.2) is 24.3 Å². The monoisotopic (exact) mass is 222 g/mol. The van der Waals surface area contributed by atoms with Crippen LogP contribution in [0.5, 0.6) is 0 Å². The highest BCUT2D eigenvalue weighted by Gasteiger charge is 2.28. The Morgan fingerprint density at radius 3 is 2.67 bits per heavy atom. The number of halogens is 2. The Morgan fingerprint density at radius 1 is 1.40 bits per heavy atom. The van der Waals surface area contributed by atoms with Crippen LogP contribution in [0.3, 0.4) is 0 Å². The standard InChI is InChI=1S/C10H16F2O3/c11-10(12)15-6-8-3-1-2-7(8)4-5-9(13)14/h7-8,10H,1-6H2,(H,13,14). The summed E-state index contributed by atoms with van der Waals surface area (Å²) in [7, 11) is 0. The number of carbonyl (C=O) groups is 1. The fourth-order valence-corrected chi connectivity index (χ4v) is 2.22. The van der Waals surface area contributed by atoms with Crippen LogP contribution in [0.15, 0.2) is 0 Å². The maximum atomic E-state index is 11.8. The molecular weight excluding hydrogens is 206 g/mol. The van der Waals surface area contributed by atoms with Crippen LogP contribution < -0.4 is 0 Å². The number of carboxylic acid groups (broad SMARTS) is 1. The van der Waals surface area contributed by atoms with Gasteiger partial charge in [-0.25, -0.2) is 0 Å². The van der Waals surface area contributed by atoms with E-state index in [1.807, 2.05) is 0 Å². The third-order valence-electron chi connectivity index (χ3n) is 2.98. The van der Waals surface area contributed by atoms with Gasteiger partial charge in [-0.3, -0.25) is 4.79 Å². The zero-order chi connectivity index (χ0) is 11.3. The maximum Gasteiger partial charge on any atom is 0.345 e. The number of rotatable bonds is 6. The van der Waals surface area contributed by atoms with Crippen molar-refractivity contribution in [2.75, 3.05) is 6.61 Å². The number of carboxylic acids is 1. The molecule has 0 saturated heterocycles. The predicted octanol–water partition coefficient (Wildman–Crippen LogP) is 2.51. The Bertz CT molecular complexity index is 209. The number of alkyl halides is 2. The van der Waals surface area contributed by atoms with Crippen molar-refractivity contribution < 1.29 is 23.4 Å². The third kappa shape index (κ3) is 4.55. The van der Waals surface area contributed by atoms with E-state index in [9.17, 15) is 13.6 Å². The Morgan fingerprint density at radius 2 is 2.07 bits per heavy atom. The largest absolute Gasteiger partial charge is 0.481 e. The van der Waals surface area contributed by atoms with E-state index in [1.165, 1.54) is 0 Å². The van der Waals surface area contributed by atoms with Crippen LogP contribution in [-0.2, 0) is 9.53 Å². The molecule has 0 radical (unpaired) electrons. The summed E-state index contributed by atoms with van der Waals surface area (Å²) in [6.45, 7) is -2.66. The van der Waals surface area contributed by atoms with Gasteiger partial charge in [0.1, 0.15) is 0 Å². The minimum atomic E-state index is -2.72. The molecule has 2 atom stereocenters. The van der Waals surface area contributed by atoms with Gasteiger partial charge in [-0.1, -0.05) is 12.8 Å². The predicted molar refractivity (Wildman–Crippen MR) is 49.7 cm³/mol. The number of hydrogen-bond donors (Lipinski definition) is 1. The lowest BCUT2D eigenvalue weighted by atomic mass is 9.92. The topological polar surface area (TPSA) is 46.5 Å². The lowest BCUT2D eigenvalue weighted by molar-refractivity contribution is -0.142. The first-order valence-corrected chi connectivity index (χ1v) is 5.21. The smallest absolute Gasteiger partial charge is 0.345 e. The molecule has 1 aliphatic carbocycles. The lowest BCUT2D eigenvalue weighted by Gasteiger charge is -2.18. The molecule has 0 bridgehead atoms. The van der Waals surface area contributed by atoms with Gasteiger partial charge < -0.3 is 9.84 Å². The fraction of sp³-hybridized carbons (Fsp3) is 0.900. The molecule has 0 aromatic rings. The number of ether oxygens (including phenoxy) is 1. The summed E-state index contributed by atoms with van der Waals surface area (Å²) in [5.41, 5.74) is 0. The van der Waals surface area contributed by atoms with Crippen LogP contribution in [0.1, 0.15) is 32.1 Å². The minimum Gasteiger partial charge on any atom is -0.481 e. The summed E-state index contributed by atoms with van der Waals surface area (Å²) in [6.07, 6.45) is 3.49. The van der Waals surface area contributed by atoms with Crippen molar-refractivity contribution in [2.45, 2.75) is 38.7 Å². The average molecular weight is 222 g/mol. The quantitative estimate of drug-likeness (QED) is 0.751. The van der Waals surface area contributed by atoms with Crippen molar-refractivity contribution in [1.82, 2.24) is 0 Å². The van der Waals surface area contributed by atoms with E-state index < -0.39 is 12.6 Å². The van der Waals surface area contributed by atoms with Gasteiger partial charge in [-0.05, 0) is 24.7 Å². The highest BCUT2D eigenvalue weighted by molar-refractivity contribution is 5.66. The molecule has 15 heavy (non-hydrogen) atoms. The summed E-state index contributed by atoms with van der Waals surface area (Å²) >= 11 is 0. The van der Waals surface area contributed by atoms with Gasteiger partial charge in [0.25, 0.3) is 0 Å². The van der Waals surface area contributed by atoms with Crippen molar-refractivity contribution in [3.05, 3.63) is 0 Å². The molecule has 0 aliphatic heterocycles. The van der Waals surface area contributed by atoms with Gasteiger partial charge in [-0.2, -0.15) is 8.78 Å². The minimum absolute atomic E-state index is 0.0575. The van der Waals surface area contributed by atoms with Gasteiger partial charge >= 0.3 is 12.6 Å². The zero-order valence-electron chi connectivity index (χ0n) is 8.49. The fourth-order valence-electron chi connectivity index (χ4n) is 2.22. The van der Waals surface area contributed by atoms with Crippen molar-refractivity contribution >= 4 is 5.97 Å². The molecule has 0 spiro atoms. The van der Waals surface area contributed by atoms with E-state index >= 15 is 0 Å². The molecule has 88 valence electrons. The zero-order valence-corrected chi connectivity index (χ0v) is 8.49. The molecule has 3 nitrogen and oxygen atoms in total.